The van der Waals surface area contributed by atoms with E-state index >= 15 is 0 Å². The van der Waals surface area contributed by atoms with Gasteiger partial charge in [0.05, 0.1) is 13.2 Å². The fourth-order valence-electron chi connectivity index (χ4n) is 2.55. The number of carbonyl (C=O) groups is 1. The van der Waals surface area contributed by atoms with Crippen LogP contribution in [0.5, 0.6) is 0 Å². The second kappa shape index (κ2) is 8.19. The van der Waals surface area contributed by atoms with Crippen LogP contribution in [0.2, 0.25) is 18.1 Å². The van der Waals surface area contributed by atoms with Gasteiger partial charge in [-0.25, -0.2) is 4.79 Å². The van der Waals surface area contributed by atoms with Crippen molar-refractivity contribution < 1.29 is 14.0 Å². The molecule has 2 aromatic carbocycles. The van der Waals surface area contributed by atoms with Crippen LogP contribution in [0, 0.1) is 0 Å². The maximum absolute atomic E-state index is 11.4. The van der Waals surface area contributed by atoms with Crippen molar-refractivity contribution in [1.29, 1.82) is 0 Å². The van der Waals surface area contributed by atoms with Crippen LogP contribution in [0.25, 0.3) is 10.8 Å². The van der Waals surface area contributed by atoms with E-state index in [1.54, 1.807) is 0 Å². The number of fused-ring (bicyclic) bond motifs is 1. The SMILES string of the molecule is COC(=O)/C=C/CC(O[Si](C)(C)C(C)(C)C)c1ccc2ccccc2c1. The van der Waals surface area contributed by atoms with E-state index in [0.717, 1.165) is 5.56 Å². The normalized spacial score (nSPS) is 13.9. The van der Waals surface area contributed by atoms with Crippen molar-refractivity contribution in [2.75, 3.05) is 7.11 Å². The summed E-state index contributed by atoms with van der Waals surface area (Å²) >= 11 is 0. The Hall–Kier alpha value is -1.91. The standard InChI is InChI=1S/C22H30O3Si/c1-22(2,3)26(5,6)25-20(12-9-13-21(23)24-4)19-15-14-17-10-7-8-11-18(17)16-19/h7-11,13-16,20H,12H2,1-6H3/b13-9+. The quantitative estimate of drug-likeness (QED) is 0.354. The Morgan fingerprint density at radius 1 is 1.12 bits per heavy atom. The molecule has 0 amide bonds. The molecular formula is C22H30O3Si. The predicted molar refractivity (Wildman–Crippen MR) is 111 cm³/mol. The molecule has 1 atom stereocenters. The molecule has 0 spiro atoms. The van der Waals surface area contributed by atoms with E-state index in [1.807, 2.05) is 18.2 Å². The highest BCUT2D eigenvalue weighted by Crippen LogP contribution is 2.41. The van der Waals surface area contributed by atoms with E-state index in [1.165, 1.54) is 24.0 Å². The summed E-state index contributed by atoms with van der Waals surface area (Å²) in [5, 5.41) is 2.53. The first-order valence-corrected chi connectivity index (χ1v) is 12.0. The molecule has 2 aromatic rings. The van der Waals surface area contributed by atoms with Crippen LogP contribution in [0.4, 0.5) is 0 Å². The highest BCUT2D eigenvalue weighted by molar-refractivity contribution is 6.74. The highest BCUT2D eigenvalue weighted by Gasteiger charge is 2.39. The van der Waals surface area contributed by atoms with Crippen LogP contribution < -0.4 is 0 Å². The van der Waals surface area contributed by atoms with Gasteiger partial charge in [-0.2, -0.15) is 0 Å². The first-order chi connectivity index (χ1) is 12.1. The Morgan fingerprint density at radius 3 is 2.38 bits per heavy atom. The van der Waals surface area contributed by atoms with Crippen LogP contribution in [0.3, 0.4) is 0 Å². The van der Waals surface area contributed by atoms with E-state index in [9.17, 15) is 4.79 Å². The van der Waals surface area contributed by atoms with E-state index in [2.05, 4.69) is 64.2 Å². The predicted octanol–water partition coefficient (Wildman–Crippen LogP) is 6.02. The average molecular weight is 371 g/mol. The second-order valence-corrected chi connectivity index (χ2v) is 12.9. The Morgan fingerprint density at radius 2 is 1.77 bits per heavy atom. The lowest BCUT2D eigenvalue weighted by Crippen LogP contribution is -2.41. The van der Waals surface area contributed by atoms with E-state index < -0.39 is 8.32 Å². The Balaban J connectivity index is 2.34. The molecule has 140 valence electrons. The van der Waals surface area contributed by atoms with Crippen molar-refractivity contribution in [3.05, 3.63) is 60.2 Å². The summed E-state index contributed by atoms with van der Waals surface area (Å²) < 4.78 is 11.4. The number of hydrogen-bond acceptors (Lipinski definition) is 3. The lowest BCUT2D eigenvalue weighted by Gasteiger charge is -2.39. The first kappa shape index (κ1) is 20.4. The molecule has 0 aliphatic rings. The lowest BCUT2D eigenvalue weighted by atomic mass is 10.0. The van der Waals surface area contributed by atoms with Crippen molar-refractivity contribution >= 4 is 25.1 Å². The molecule has 0 aromatic heterocycles. The molecule has 0 aliphatic carbocycles. The number of methoxy groups -OCH3 is 1. The summed E-state index contributed by atoms with van der Waals surface area (Å²) in [6, 6.07) is 14.8. The van der Waals surface area contributed by atoms with Crippen molar-refractivity contribution in [3.63, 3.8) is 0 Å². The van der Waals surface area contributed by atoms with Gasteiger partial charge in [-0.1, -0.05) is 63.2 Å². The molecule has 2 rings (SSSR count). The van der Waals surface area contributed by atoms with Gasteiger partial charge in [0.15, 0.2) is 8.32 Å². The van der Waals surface area contributed by atoms with Crippen LogP contribution in [-0.4, -0.2) is 21.4 Å². The van der Waals surface area contributed by atoms with Crippen molar-refractivity contribution in [2.45, 2.75) is 51.4 Å². The molecule has 0 N–H and O–H groups in total. The zero-order valence-electron chi connectivity index (χ0n) is 16.7. The minimum Gasteiger partial charge on any atom is -0.466 e. The molecule has 0 fully saturated rings. The largest absolute Gasteiger partial charge is 0.466 e. The smallest absolute Gasteiger partial charge is 0.330 e. The third kappa shape index (κ3) is 5.05. The molecule has 4 heteroatoms. The number of hydrogen-bond donors (Lipinski definition) is 0. The molecule has 26 heavy (non-hydrogen) atoms. The molecule has 0 bridgehead atoms. The van der Waals surface area contributed by atoms with Crippen LogP contribution in [0.1, 0.15) is 38.9 Å². The fourth-order valence-corrected chi connectivity index (χ4v) is 3.85. The van der Waals surface area contributed by atoms with Crippen LogP contribution >= 0.6 is 0 Å². The number of benzene rings is 2. The van der Waals surface area contributed by atoms with Gasteiger partial charge in [0.1, 0.15) is 0 Å². The summed E-state index contributed by atoms with van der Waals surface area (Å²) in [4.78, 5) is 11.4. The van der Waals surface area contributed by atoms with Crippen molar-refractivity contribution in [2.24, 2.45) is 0 Å². The van der Waals surface area contributed by atoms with Crippen molar-refractivity contribution in [3.8, 4) is 0 Å². The third-order valence-electron chi connectivity index (χ3n) is 5.19. The molecular weight excluding hydrogens is 340 g/mol. The van der Waals surface area contributed by atoms with Gasteiger partial charge in [0.25, 0.3) is 0 Å². The second-order valence-electron chi connectivity index (χ2n) is 8.13. The molecule has 0 aliphatic heterocycles. The summed E-state index contributed by atoms with van der Waals surface area (Å²) in [6.07, 6.45) is 3.88. The van der Waals surface area contributed by atoms with Crippen LogP contribution in [-0.2, 0) is 14.0 Å². The van der Waals surface area contributed by atoms with E-state index in [-0.39, 0.29) is 17.1 Å². The molecule has 0 heterocycles. The summed E-state index contributed by atoms with van der Waals surface area (Å²) in [6.45, 7) is 11.2. The lowest BCUT2D eigenvalue weighted by molar-refractivity contribution is -0.134. The first-order valence-electron chi connectivity index (χ1n) is 9.05. The van der Waals surface area contributed by atoms with Gasteiger partial charge < -0.3 is 9.16 Å². The van der Waals surface area contributed by atoms with Crippen LogP contribution in [0.15, 0.2) is 54.6 Å². The van der Waals surface area contributed by atoms with Gasteiger partial charge in [0.2, 0.25) is 0 Å². The Kier molecular flexibility index (Phi) is 6.42. The van der Waals surface area contributed by atoms with Gasteiger partial charge in [-0.15, -0.1) is 0 Å². The molecule has 0 saturated carbocycles. The van der Waals surface area contributed by atoms with Gasteiger partial charge in [0, 0.05) is 6.08 Å². The van der Waals surface area contributed by atoms with E-state index in [4.69, 9.17) is 9.16 Å². The fraction of sp³-hybridized carbons (Fsp3) is 0.409. The molecule has 3 nitrogen and oxygen atoms in total. The maximum Gasteiger partial charge on any atom is 0.330 e. The maximum atomic E-state index is 11.4. The minimum atomic E-state index is -1.95. The molecule has 0 radical (unpaired) electrons. The Bertz CT molecular complexity index is 787. The monoisotopic (exact) mass is 370 g/mol. The van der Waals surface area contributed by atoms with Gasteiger partial charge in [-0.05, 0) is 47.0 Å². The zero-order chi connectivity index (χ0) is 19.4. The topological polar surface area (TPSA) is 35.5 Å². The number of rotatable bonds is 6. The summed E-state index contributed by atoms with van der Waals surface area (Å²) in [7, 11) is -0.565. The minimum absolute atomic E-state index is 0.0820. The van der Waals surface area contributed by atoms with E-state index in [0.29, 0.717) is 6.42 Å². The van der Waals surface area contributed by atoms with Gasteiger partial charge in [-0.3, -0.25) is 0 Å². The average Bonchev–Trinajstić information content (AvgIpc) is 2.59. The molecule has 1 unspecified atom stereocenters. The third-order valence-corrected chi connectivity index (χ3v) is 9.68. The number of esters is 1. The zero-order valence-corrected chi connectivity index (χ0v) is 17.7. The number of carbonyl (C=O) groups excluding carboxylic acids is 1. The molecule has 0 saturated heterocycles. The summed E-state index contributed by atoms with van der Waals surface area (Å²) in [5.41, 5.74) is 1.14. The van der Waals surface area contributed by atoms with Crippen molar-refractivity contribution in [1.82, 2.24) is 0 Å². The van der Waals surface area contributed by atoms with Gasteiger partial charge >= 0.3 is 5.97 Å². The summed E-state index contributed by atoms with van der Waals surface area (Å²) in [5.74, 6) is -0.338. The number of ether oxygens (including phenoxy) is 1. The highest BCUT2D eigenvalue weighted by atomic mass is 28.4. The Labute approximate surface area is 158 Å².